The lowest BCUT2D eigenvalue weighted by molar-refractivity contribution is -0.385. The lowest BCUT2D eigenvalue weighted by Crippen LogP contribution is -2.26. The van der Waals surface area contributed by atoms with E-state index in [1.54, 1.807) is 7.05 Å². The summed E-state index contributed by atoms with van der Waals surface area (Å²) in [4.78, 5) is 29.9. The molecule has 0 atom stereocenters. The van der Waals surface area contributed by atoms with Crippen LogP contribution in [0.25, 0.3) is 0 Å². The summed E-state index contributed by atoms with van der Waals surface area (Å²) in [7, 11) is 1.60. The Morgan fingerprint density at radius 1 is 1.48 bits per heavy atom. The van der Waals surface area contributed by atoms with Crippen LogP contribution < -0.4 is 10.6 Å². The third-order valence-corrected chi connectivity index (χ3v) is 2.62. The van der Waals surface area contributed by atoms with Gasteiger partial charge in [-0.05, 0) is 0 Å². The van der Waals surface area contributed by atoms with Crippen LogP contribution in [0.1, 0.15) is 16.2 Å². The fourth-order valence-electron chi connectivity index (χ4n) is 1.60. The van der Waals surface area contributed by atoms with Crippen molar-refractivity contribution < 1.29 is 14.2 Å². The number of amides is 1. The van der Waals surface area contributed by atoms with Gasteiger partial charge in [0, 0.05) is 26.1 Å². The van der Waals surface area contributed by atoms with Crippen molar-refractivity contribution in [2.45, 2.75) is 6.42 Å². The molecular weight excluding hydrogens is 280 g/mol. The smallest absolute Gasteiger partial charge is 0.300 e. The topological polar surface area (TPSA) is 136 Å². The SMILES string of the molecule is CNc1cc(C(=O)NCCc2ncon2)c([N+](=O)[O-])cn1. The van der Waals surface area contributed by atoms with Gasteiger partial charge in [-0.25, -0.2) is 4.98 Å². The molecule has 110 valence electrons. The van der Waals surface area contributed by atoms with E-state index in [0.717, 1.165) is 6.20 Å². The van der Waals surface area contributed by atoms with E-state index in [9.17, 15) is 14.9 Å². The lowest BCUT2D eigenvalue weighted by Gasteiger charge is -2.06. The molecule has 0 bridgehead atoms. The quantitative estimate of drug-likeness (QED) is 0.576. The molecular formula is C11H12N6O4. The molecule has 0 saturated carbocycles. The molecule has 0 aliphatic carbocycles. The van der Waals surface area contributed by atoms with Crippen LogP contribution in [0, 0.1) is 10.1 Å². The van der Waals surface area contributed by atoms with Gasteiger partial charge in [0.25, 0.3) is 11.6 Å². The molecule has 10 heteroatoms. The van der Waals surface area contributed by atoms with Crippen molar-refractivity contribution in [1.29, 1.82) is 0 Å². The van der Waals surface area contributed by atoms with E-state index in [1.165, 1.54) is 12.5 Å². The highest BCUT2D eigenvalue weighted by Gasteiger charge is 2.21. The Labute approximate surface area is 118 Å². The molecule has 0 saturated heterocycles. The predicted molar refractivity (Wildman–Crippen MR) is 70.8 cm³/mol. The van der Waals surface area contributed by atoms with E-state index in [1.807, 2.05) is 0 Å². The minimum Gasteiger partial charge on any atom is -0.373 e. The summed E-state index contributed by atoms with van der Waals surface area (Å²) < 4.78 is 4.56. The zero-order chi connectivity index (χ0) is 15.2. The minimum absolute atomic E-state index is 0.0625. The maximum absolute atomic E-state index is 12.0. The summed E-state index contributed by atoms with van der Waals surface area (Å²) in [6.07, 6.45) is 2.59. The Kier molecular flexibility index (Phi) is 4.39. The Morgan fingerprint density at radius 3 is 2.90 bits per heavy atom. The molecule has 2 heterocycles. The molecule has 0 aliphatic rings. The first-order valence-electron chi connectivity index (χ1n) is 5.97. The maximum atomic E-state index is 12.0. The second-order valence-electron chi connectivity index (χ2n) is 3.95. The summed E-state index contributed by atoms with van der Waals surface area (Å²) >= 11 is 0. The Morgan fingerprint density at radius 2 is 2.29 bits per heavy atom. The van der Waals surface area contributed by atoms with Crippen LogP contribution >= 0.6 is 0 Å². The van der Waals surface area contributed by atoms with Gasteiger partial charge in [-0.15, -0.1) is 0 Å². The van der Waals surface area contributed by atoms with Crippen LogP contribution in [0.5, 0.6) is 0 Å². The number of hydrogen-bond donors (Lipinski definition) is 2. The van der Waals surface area contributed by atoms with Gasteiger partial charge in [0.05, 0.1) is 4.92 Å². The van der Waals surface area contributed by atoms with E-state index in [-0.39, 0.29) is 17.8 Å². The molecule has 21 heavy (non-hydrogen) atoms. The van der Waals surface area contributed by atoms with Crippen molar-refractivity contribution in [2.75, 3.05) is 18.9 Å². The first-order valence-corrected chi connectivity index (χ1v) is 5.97. The molecule has 2 N–H and O–H groups in total. The van der Waals surface area contributed by atoms with Crippen LogP contribution in [-0.2, 0) is 6.42 Å². The monoisotopic (exact) mass is 292 g/mol. The number of nitrogens with one attached hydrogen (secondary N) is 2. The average molecular weight is 292 g/mol. The molecule has 2 aromatic heterocycles. The van der Waals surface area contributed by atoms with E-state index in [0.29, 0.717) is 18.1 Å². The van der Waals surface area contributed by atoms with Gasteiger partial charge in [0.2, 0.25) is 6.39 Å². The van der Waals surface area contributed by atoms with E-state index >= 15 is 0 Å². The van der Waals surface area contributed by atoms with Gasteiger partial charge in [0.15, 0.2) is 5.82 Å². The number of anilines is 1. The molecule has 0 unspecified atom stereocenters. The molecule has 0 fully saturated rings. The molecule has 1 amide bonds. The molecule has 0 aromatic carbocycles. The number of nitro groups is 1. The number of rotatable bonds is 6. The van der Waals surface area contributed by atoms with E-state index in [4.69, 9.17) is 0 Å². The summed E-state index contributed by atoms with van der Waals surface area (Å²) in [5.41, 5.74) is -0.418. The second-order valence-corrected chi connectivity index (χ2v) is 3.95. The highest BCUT2D eigenvalue weighted by atomic mass is 16.6. The van der Waals surface area contributed by atoms with Gasteiger partial charge in [-0.3, -0.25) is 14.9 Å². The summed E-state index contributed by atoms with van der Waals surface area (Å²) in [6.45, 7) is 0.229. The third kappa shape index (κ3) is 3.49. The maximum Gasteiger partial charge on any atom is 0.300 e. The number of pyridine rings is 1. The fourth-order valence-corrected chi connectivity index (χ4v) is 1.60. The van der Waals surface area contributed by atoms with E-state index < -0.39 is 10.8 Å². The number of carbonyl (C=O) groups excluding carboxylic acids is 1. The van der Waals surface area contributed by atoms with Crippen LogP contribution in [0.3, 0.4) is 0 Å². The highest BCUT2D eigenvalue weighted by Crippen LogP contribution is 2.19. The molecule has 2 rings (SSSR count). The first kappa shape index (κ1) is 14.4. The fraction of sp³-hybridized carbons (Fsp3) is 0.273. The summed E-state index contributed by atoms with van der Waals surface area (Å²) in [5, 5.41) is 19.8. The summed E-state index contributed by atoms with van der Waals surface area (Å²) in [6, 6.07) is 1.32. The molecule has 0 spiro atoms. The van der Waals surface area contributed by atoms with Crippen molar-refractivity contribution in [3.8, 4) is 0 Å². The van der Waals surface area contributed by atoms with Crippen LogP contribution in [0.15, 0.2) is 23.2 Å². The standard InChI is InChI=1S/C11H12N6O4/c1-12-10-4-7(8(5-14-10)17(19)20)11(18)13-3-2-9-15-6-21-16-9/h4-6H,2-3H2,1H3,(H,12,14)(H,13,18). The zero-order valence-corrected chi connectivity index (χ0v) is 11.1. The summed E-state index contributed by atoms with van der Waals surface area (Å²) in [5.74, 6) is 0.239. The molecule has 0 radical (unpaired) electrons. The van der Waals surface area contributed by atoms with Crippen molar-refractivity contribution in [3.63, 3.8) is 0 Å². The molecule has 2 aromatic rings. The number of hydrogen-bond acceptors (Lipinski definition) is 8. The van der Waals surface area contributed by atoms with Gasteiger partial charge in [-0.1, -0.05) is 5.16 Å². The molecule has 10 nitrogen and oxygen atoms in total. The van der Waals surface area contributed by atoms with Gasteiger partial charge >= 0.3 is 0 Å². The van der Waals surface area contributed by atoms with Crippen LogP contribution in [0.2, 0.25) is 0 Å². The van der Waals surface area contributed by atoms with Crippen LogP contribution in [-0.4, -0.2) is 39.5 Å². The Balaban J connectivity index is 2.08. The number of aromatic nitrogens is 3. The normalized spacial score (nSPS) is 10.1. The van der Waals surface area contributed by atoms with Crippen LogP contribution in [0.4, 0.5) is 11.5 Å². The third-order valence-electron chi connectivity index (χ3n) is 2.62. The number of carbonyl (C=O) groups is 1. The minimum atomic E-state index is -0.652. The highest BCUT2D eigenvalue weighted by molar-refractivity contribution is 5.98. The van der Waals surface area contributed by atoms with Crippen molar-refractivity contribution in [2.24, 2.45) is 0 Å². The van der Waals surface area contributed by atoms with E-state index in [2.05, 4.69) is 30.3 Å². The second kappa shape index (κ2) is 6.41. The first-order chi connectivity index (χ1) is 10.1. The van der Waals surface area contributed by atoms with Gasteiger partial charge in [0.1, 0.15) is 17.6 Å². The lowest BCUT2D eigenvalue weighted by atomic mass is 10.2. The van der Waals surface area contributed by atoms with Gasteiger partial charge < -0.3 is 15.2 Å². The van der Waals surface area contributed by atoms with Crippen molar-refractivity contribution in [3.05, 3.63) is 40.2 Å². The van der Waals surface area contributed by atoms with Crippen molar-refractivity contribution >= 4 is 17.4 Å². The largest absolute Gasteiger partial charge is 0.373 e. The number of nitrogens with zero attached hydrogens (tertiary/aromatic N) is 4. The predicted octanol–water partition coefficient (Wildman–Crippen LogP) is 0.387. The Bertz CT molecular complexity index is 642. The van der Waals surface area contributed by atoms with Gasteiger partial charge in [-0.2, -0.15) is 4.98 Å². The van der Waals surface area contributed by atoms with Crippen molar-refractivity contribution in [1.82, 2.24) is 20.4 Å². The molecule has 0 aliphatic heterocycles. The zero-order valence-electron chi connectivity index (χ0n) is 11.1. The Hall–Kier alpha value is -3.04. The average Bonchev–Trinajstić information content (AvgIpc) is 2.99.